The Labute approximate surface area is 111 Å². The average Bonchev–Trinajstić information content (AvgIpc) is 2.71. The summed E-state index contributed by atoms with van der Waals surface area (Å²) in [6.45, 7) is 1.61. The maximum atomic E-state index is 13.4. The summed E-state index contributed by atoms with van der Waals surface area (Å²) in [7, 11) is 1.45. The Kier molecular flexibility index (Phi) is 3.47. The van der Waals surface area contributed by atoms with E-state index in [1.165, 1.54) is 17.8 Å². The van der Waals surface area contributed by atoms with Gasteiger partial charge in [-0.2, -0.15) is 5.10 Å². The van der Waals surface area contributed by atoms with Crippen LogP contribution >= 0.6 is 0 Å². The van der Waals surface area contributed by atoms with Crippen molar-refractivity contribution in [2.75, 3.05) is 5.32 Å². The first-order chi connectivity index (χ1) is 9.31. The molecule has 1 aromatic carbocycles. The molecule has 0 saturated carbocycles. The highest BCUT2D eigenvalue weighted by atomic mass is 19.2. The molecule has 8 heteroatoms. The van der Waals surface area contributed by atoms with E-state index < -0.39 is 34.9 Å². The van der Waals surface area contributed by atoms with E-state index in [0.29, 0.717) is 5.69 Å². The quantitative estimate of drug-likeness (QED) is 0.681. The second-order valence-electron chi connectivity index (χ2n) is 4.09. The van der Waals surface area contributed by atoms with E-state index in [1.807, 2.05) is 0 Å². The molecule has 4 nitrogen and oxygen atoms in total. The lowest BCUT2D eigenvalue weighted by Crippen LogP contribution is -2.18. The van der Waals surface area contributed by atoms with Crippen LogP contribution in [0.3, 0.4) is 0 Å². The Balaban J connectivity index is 2.40. The summed E-state index contributed by atoms with van der Waals surface area (Å²) in [6.07, 6.45) is 0. The predicted molar refractivity (Wildman–Crippen MR) is 62.2 cm³/mol. The van der Waals surface area contributed by atoms with Crippen molar-refractivity contribution in [1.82, 2.24) is 9.78 Å². The molecule has 1 aromatic heterocycles. The minimum Gasteiger partial charge on any atom is -0.316 e. The van der Waals surface area contributed by atoms with Crippen molar-refractivity contribution < 1.29 is 22.4 Å². The molecular formula is C12H9F4N3O. The highest BCUT2D eigenvalue weighted by Gasteiger charge is 2.22. The van der Waals surface area contributed by atoms with Gasteiger partial charge in [0.2, 0.25) is 0 Å². The van der Waals surface area contributed by atoms with Gasteiger partial charge in [0, 0.05) is 13.1 Å². The van der Waals surface area contributed by atoms with Crippen LogP contribution in [0.25, 0.3) is 0 Å². The lowest BCUT2D eigenvalue weighted by Gasteiger charge is -2.08. The van der Waals surface area contributed by atoms with Gasteiger partial charge in [0.1, 0.15) is 11.4 Å². The van der Waals surface area contributed by atoms with Gasteiger partial charge in [0.15, 0.2) is 23.3 Å². The van der Waals surface area contributed by atoms with Gasteiger partial charge < -0.3 is 5.32 Å². The highest BCUT2D eigenvalue weighted by molar-refractivity contribution is 6.03. The third kappa shape index (κ3) is 2.36. The zero-order valence-corrected chi connectivity index (χ0v) is 10.5. The van der Waals surface area contributed by atoms with Gasteiger partial charge in [-0.15, -0.1) is 0 Å². The van der Waals surface area contributed by atoms with E-state index in [9.17, 15) is 22.4 Å². The number of benzene rings is 1. The lowest BCUT2D eigenvalue weighted by molar-refractivity contribution is 0.101. The van der Waals surface area contributed by atoms with Gasteiger partial charge in [0.25, 0.3) is 5.91 Å². The fraction of sp³-hybridized carbons (Fsp3) is 0.167. The number of amides is 1. The van der Waals surface area contributed by atoms with Crippen LogP contribution in [0.5, 0.6) is 0 Å². The van der Waals surface area contributed by atoms with Crippen LogP contribution in [0.15, 0.2) is 12.1 Å². The third-order valence-corrected chi connectivity index (χ3v) is 2.58. The van der Waals surface area contributed by atoms with Gasteiger partial charge in [0.05, 0.1) is 5.69 Å². The van der Waals surface area contributed by atoms with Crippen molar-refractivity contribution in [3.05, 3.63) is 46.8 Å². The Morgan fingerprint density at radius 2 is 1.70 bits per heavy atom. The Morgan fingerprint density at radius 1 is 1.15 bits per heavy atom. The maximum Gasteiger partial charge on any atom is 0.274 e. The molecule has 0 aliphatic heterocycles. The van der Waals surface area contributed by atoms with Crippen molar-refractivity contribution in [3.63, 3.8) is 0 Å². The fourth-order valence-corrected chi connectivity index (χ4v) is 1.68. The summed E-state index contributed by atoms with van der Waals surface area (Å²) in [5, 5.41) is 5.67. The van der Waals surface area contributed by atoms with E-state index in [4.69, 9.17) is 0 Å². The number of nitrogens with one attached hydrogen (secondary N) is 1. The van der Waals surface area contributed by atoms with Gasteiger partial charge in [-0.1, -0.05) is 0 Å². The topological polar surface area (TPSA) is 46.9 Å². The molecule has 0 fully saturated rings. The average molecular weight is 287 g/mol. The van der Waals surface area contributed by atoms with E-state index in [0.717, 1.165) is 0 Å². The first-order valence-corrected chi connectivity index (χ1v) is 5.46. The summed E-state index contributed by atoms with van der Waals surface area (Å²) in [5.41, 5.74) is -0.679. The van der Waals surface area contributed by atoms with Crippen LogP contribution in [0.2, 0.25) is 0 Å². The minimum absolute atomic E-state index is 0.00836. The molecule has 0 radical (unpaired) electrons. The van der Waals surface area contributed by atoms with Crippen LogP contribution in [-0.4, -0.2) is 15.7 Å². The molecule has 0 aliphatic rings. The number of rotatable bonds is 2. The van der Waals surface area contributed by atoms with Gasteiger partial charge in [-0.25, -0.2) is 17.6 Å². The zero-order chi connectivity index (χ0) is 15.0. The summed E-state index contributed by atoms with van der Waals surface area (Å²) < 4.78 is 54.0. The molecule has 1 heterocycles. The number of hydrogen-bond acceptors (Lipinski definition) is 2. The van der Waals surface area contributed by atoms with Gasteiger partial charge in [-0.3, -0.25) is 9.48 Å². The monoisotopic (exact) mass is 287 g/mol. The van der Waals surface area contributed by atoms with E-state index in [2.05, 4.69) is 5.10 Å². The largest absolute Gasteiger partial charge is 0.316 e. The van der Waals surface area contributed by atoms with Crippen LogP contribution in [0.4, 0.5) is 23.2 Å². The van der Waals surface area contributed by atoms with Crippen LogP contribution < -0.4 is 5.32 Å². The first-order valence-electron chi connectivity index (χ1n) is 5.46. The minimum atomic E-state index is -1.67. The molecule has 0 spiro atoms. The fourth-order valence-electron chi connectivity index (χ4n) is 1.68. The molecule has 0 bridgehead atoms. The molecule has 0 aliphatic carbocycles. The van der Waals surface area contributed by atoms with Crippen molar-refractivity contribution in [2.24, 2.45) is 7.05 Å². The van der Waals surface area contributed by atoms with Crippen molar-refractivity contribution in [2.45, 2.75) is 6.92 Å². The van der Waals surface area contributed by atoms with Crippen molar-refractivity contribution >= 4 is 11.6 Å². The predicted octanol–water partition coefficient (Wildman–Crippen LogP) is 2.54. The molecule has 106 valence electrons. The summed E-state index contributed by atoms with van der Waals surface area (Å²) in [4.78, 5) is 11.8. The number of hydrogen-bond donors (Lipinski definition) is 1. The maximum absolute atomic E-state index is 13.4. The molecule has 0 saturated heterocycles. The van der Waals surface area contributed by atoms with Gasteiger partial charge in [-0.05, 0) is 13.0 Å². The zero-order valence-electron chi connectivity index (χ0n) is 10.5. The molecule has 1 N–H and O–H groups in total. The highest BCUT2D eigenvalue weighted by Crippen LogP contribution is 2.24. The molecule has 2 rings (SSSR count). The number of carbonyl (C=O) groups is 1. The normalized spacial score (nSPS) is 10.7. The van der Waals surface area contributed by atoms with Crippen LogP contribution in [0, 0.1) is 30.2 Å². The summed E-state index contributed by atoms with van der Waals surface area (Å²) in [5.74, 6) is -7.47. The van der Waals surface area contributed by atoms with E-state index in [1.54, 1.807) is 12.2 Å². The third-order valence-electron chi connectivity index (χ3n) is 2.58. The molecule has 2 aromatic rings. The van der Waals surface area contributed by atoms with Crippen LogP contribution in [-0.2, 0) is 7.05 Å². The summed E-state index contributed by atoms with van der Waals surface area (Å²) >= 11 is 0. The second kappa shape index (κ2) is 4.95. The van der Waals surface area contributed by atoms with E-state index in [-0.39, 0.29) is 11.8 Å². The summed E-state index contributed by atoms with van der Waals surface area (Å²) in [6, 6.07) is 1.43. The number of nitrogens with zero attached hydrogens (tertiary/aromatic N) is 2. The van der Waals surface area contributed by atoms with Crippen molar-refractivity contribution in [3.8, 4) is 0 Å². The first kappa shape index (κ1) is 14.0. The number of aryl methyl sites for hydroxylation is 2. The van der Waals surface area contributed by atoms with Crippen LogP contribution in [0.1, 0.15) is 16.2 Å². The standard InChI is InChI=1S/C12H9F4N3O/c1-5-3-8(19(2)18-5)12(20)17-11-9(15)6(13)4-7(14)10(11)16/h3-4H,1-2H3,(H,17,20). The number of aromatic nitrogens is 2. The number of halogens is 4. The Bertz CT molecular complexity index is 670. The Hall–Kier alpha value is -2.38. The lowest BCUT2D eigenvalue weighted by atomic mass is 10.2. The molecule has 0 atom stereocenters. The van der Waals surface area contributed by atoms with Crippen molar-refractivity contribution in [1.29, 1.82) is 0 Å². The molecule has 20 heavy (non-hydrogen) atoms. The second-order valence-corrected chi connectivity index (χ2v) is 4.09. The number of anilines is 1. The smallest absolute Gasteiger partial charge is 0.274 e. The number of carbonyl (C=O) groups excluding carboxylic acids is 1. The Morgan fingerprint density at radius 3 is 2.15 bits per heavy atom. The molecule has 1 amide bonds. The molecular weight excluding hydrogens is 278 g/mol. The van der Waals surface area contributed by atoms with E-state index >= 15 is 0 Å². The molecule has 0 unspecified atom stereocenters. The van der Waals surface area contributed by atoms with Gasteiger partial charge >= 0.3 is 0 Å². The SMILES string of the molecule is Cc1cc(C(=O)Nc2c(F)c(F)cc(F)c2F)n(C)n1.